The molecule has 2 aliphatic rings. The number of halogens is 2. The fraction of sp³-hybridized carbons (Fsp3) is 0.412. The second-order valence-corrected chi connectivity index (χ2v) is 9.20. The first-order valence-electron chi connectivity index (χ1n) is 8.13. The van der Waals surface area contributed by atoms with Gasteiger partial charge in [0.1, 0.15) is 5.69 Å². The normalized spacial score (nSPS) is 20.1. The molecule has 0 aliphatic carbocycles. The number of carbonyl (C=O) groups is 1. The van der Waals surface area contributed by atoms with Crippen LogP contribution in [-0.4, -0.2) is 53.6 Å². The number of rotatable bonds is 3. The maximum Gasteiger partial charge on any atom is 0.281 e. The monoisotopic (exact) mass is 381 g/mol. The SMILES string of the molecule is Cc1ccccc1-n1ncc(C(=O)N2CC3(C2)CS(=O)(=O)C3)c1C(F)F. The van der Waals surface area contributed by atoms with Crippen molar-refractivity contribution in [2.45, 2.75) is 13.3 Å². The number of nitrogens with zero attached hydrogens (tertiary/aromatic N) is 3. The number of benzene rings is 1. The zero-order chi connectivity index (χ0) is 18.7. The molecule has 0 radical (unpaired) electrons. The lowest BCUT2D eigenvalue weighted by molar-refractivity contribution is 0.0195. The van der Waals surface area contributed by atoms with E-state index in [1.165, 1.54) is 11.1 Å². The van der Waals surface area contributed by atoms with Crippen LogP contribution >= 0.6 is 0 Å². The third-order valence-electron chi connectivity index (χ3n) is 4.98. The summed E-state index contributed by atoms with van der Waals surface area (Å²) in [6.45, 7) is 2.34. The molecule has 2 fully saturated rings. The van der Waals surface area contributed by atoms with E-state index in [1.54, 1.807) is 31.2 Å². The van der Waals surface area contributed by atoms with Gasteiger partial charge in [-0.15, -0.1) is 0 Å². The van der Waals surface area contributed by atoms with E-state index in [0.29, 0.717) is 5.69 Å². The van der Waals surface area contributed by atoms with Gasteiger partial charge in [0, 0.05) is 18.5 Å². The first-order valence-corrected chi connectivity index (χ1v) is 9.95. The zero-order valence-corrected chi connectivity index (χ0v) is 14.8. The number of aromatic nitrogens is 2. The Labute approximate surface area is 149 Å². The summed E-state index contributed by atoms with van der Waals surface area (Å²) in [6.07, 6.45) is -1.70. The molecule has 1 amide bonds. The Hall–Kier alpha value is -2.29. The van der Waals surface area contributed by atoms with E-state index in [4.69, 9.17) is 0 Å². The van der Waals surface area contributed by atoms with E-state index in [9.17, 15) is 22.0 Å². The molecule has 138 valence electrons. The molecule has 6 nitrogen and oxygen atoms in total. The Morgan fingerprint density at radius 3 is 2.46 bits per heavy atom. The summed E-state index contributed by atoms with van der Waals surface area (Å²) in [5, 5.41) is 4.02. The van der Waals surface area contributed by atoms with Crippen molar-refractivity contribution < 1.29 is 22.0 Å². The van der Waals surface area contributed by atoms with Crippen LogP contribution in [0.25, 0.3) is 5.69 Å². The van der Waals surface area contributed by atoms with E-state index in [0.717, 1.165) is 10.2 Å². The summed E-state index contributed by atoms with van der Waals surface area (Å²) < 4.78 is 51.2. The lowest BCUT2D eigenvalue weighted by atomic mass is 9.82. The van der Waals surface area contributed by atoms with Gasteiger partial charge in [0.25, 0.3) is 12.3 Å². The van der Waals surface area contributed by atoms with Gasteiger partial charge in [0.05, 0.1) is 29.0 Å². The highest BCUT2D eigenvalue weighted by atomic mass is 32.2. The van der Waals surface area contributed by atoms with Crippen LogP contribution in [0.4, 0.5) is 8.78 Å². The Balaban J connectivity index is 1.62. The molecule has 9 heteroatoms. The van der Waals surface area contributed by atoms with Gasteiger partial charge in [-0.2, -0.15) is 5.10 Å². The van der Waals surface area contributed by atoms with Crippen molar-refractivity contribution >= 4 is 15.7 Å². The average Bonchev–Trinajstić information content (AvgIpc) is 2.94. The number of aryl methyl sites for hydroxylation is 1. The number of para-hydroxylation sites is 1. The van der Waals surface area contributed by atoms with E-state index >= 15 is 0 Å². The molecular weight excluding hydrogens is 364 g/mol. The largest absolute Gasteiger partial charge is 0.337 e. The summed E-state index contributed by atoms with van der Waals surface area (Å²) in [4.78, 5) is 14.1. The van der Waals surface area contributed by atoms with Crippen LogP contribution in [0.3, 0.4) is 0 Å². The quantitative estimate of drug-likeness (QED) is 0.815. The average molecular weight is 381 g/mol. The first-order chi connectivity index (χ1) is 12.2. The highest BCUT2D eigenvalue weighted by molar-refractivity contribution is 7.92. The minimum absolute atomic E-state index is 0.0634. The summed E-state index contributed by atoms with van der Waals surface area (Å²) in [6, 6.07) is 6.96. The Kier molecular flexibility index (Phi) is 3.69. The molecule has 3 heterocycles. The standard InChI is InChI=1S/C17H17F2N3O3S/c1-11-4-2-3-5-13(11)22-14(15(18)19)12(6-20-22)16(23)21-7-17(8-21)9-26(24,25)10-17/h2-6,15H,7-10H2,1H3. The van der Waals surface area contributed by atoms with Crippen molar-refractivity contribution in [3.8, 4) is 5.69 Å². The molecular formula is C17H17F2N3O3S. The van der Waals surface area contributed by atoms with Crippen molar-refractivity contribution in [3.05, 3.63) is 47.3 Å². The first kappa shape index (κ1) is 17.1. The minimum atomic E-state index is -3.00. The van der Waals surface area contributed by atoms with Gasteiger partial charge in [0.2, 0.25) is 0 Å². The van der Waals surface area contributed by atoms with Gasteiger partial charge >= 0.3 is 0 Å². The predicted octanol–water partition coefficient (Wildman–Crippen LogP) is 1.99. The lowest BCUT2D eigenvalue weighted by Crippen LogP contribution is -2.69. The Bertz CT molecular complexity index is 980. The fourth-order valence-corrected chi connectivity index (χ4v) is 6.02. The summed E-state index contributed by atoms with van der Waals surface area (Å²) >= 11 is 0. The minimum Gasteiger partial charge on any atom is -0.337 e. The molecule has 2 saturated heterocycles. The number of likely N-dealkylation sites (tertiary alicyclic amines) is 1. The van der Waals surface area contributed by atoms with Crippen molar-refractivity contribution in [2.24, 2.45) is 5.41 Å². The maximum atomic E-state index is 13.7. The predicted molar refractivity (Wildman–Crippen MR) is 90.2 cm³/mol. The number of hydrogen-bond acceptors (Lipinski definition) is 4. The molecule has 0 bridgehead atoms. The third-order valence-corrected chi connectivity index (χ3v) is 7.08. The van der Waals surface area contributed by atoms with Crippen LogP contribution < -0.4 is 0 Å². The van der Waals surface area contributed by atoms with Crippen LogP contribution in [0.2, 0.25) is 0 Å². The van der Waals surface area contributed by atoms with E-state index in [-0.39, 0.29) is 35.6 Å². The third kappa shape index (κ3) is 2.61. The van der Waals surface area contributed by atoms with Gasteiger partial charge in [-0.3, -0.25) is 4.79 Å². The zero-order valence-electron chi connectivity index (χ0n) is 14.0. The lowest BCUT2D eigenvalue weighted by Gasteiger charge is -2.54. The van der Waals surface area contributed by atoms with Crippen molar-refractivity contribution in [1.82, 2.24) is 14.7 Å². The van der Waals surface area contributed by atoms with Gasteiger partial charge in [-0.25, -0.2) is 21.9 Å². The molecule has 4 rings (SSSR count). The molecule has 1 spiro atoms. The molecule has 0 saturated carbocycles. The second kappa shape index (κ2) is 5.60. The molecule has 1 aromatic heterocycles. The van der Waals surface area contributed by atoms with Crippen molar-refractivity contribution in [1.29, 1.82) is 0 Å². The molecule has 0 unspecified atom stereocenters. The highest BCUT2D eigenvalue weighted by Gasteiger charge is 2.57. The van der Waals surface area contributed by atoms with Crippen LogP contribution in [0.5, 0.6) is 0 Å². The molecule has 2 aromatic rings. The molecule has 0 N–H and O–H groups in total. The Morgan fingerprint density at radius 2 is 1.88 bits per heavy atom. The second-order valence-electron chi connectivity index (χ2n) is 7.14. The Morgan fingerprint density at radius 1 is 1.23 bits per heavy atom. The van der Waals surface area contributed by atoms with E-state index < -0.39 is 27.9 Å². The number of amides is 1. The molecule has 26 heavy (non-hydrogen) atoms. The van der Waals surface area contributed by atoms with Crippen molar-refractivity contribution in [3.63, 3.8) is 0 Å². The summed E-state index contributed by atoms with van der Waals surface area (Å²) in [5.41, 5.74) is 0.295. The number of hydrogen-bond donors (Lipinski definition) is 0. The topological polar surface area (TPSA) is 72.3 Å². The summed E-state index contributed by atoms with van der Waals surface area (Å²) in [7, 11) is -3.00. The maximum absolute atomic E-state index is 13.7. The molecule has 0 atom stereocenters. The molecule has 2 aliphatic heterocycles. The van der Waals surface area contributed by atoms with Crippen LogP contribution in [0.15, 0.2) is 30.5 Å². The number of carbonyl (C=O) groups excluding carboxylic acids is 1. The number of sulfone groups is 1. The van der Waals surface area contributed by atoms with Gasteiger partial charge in [-0.1, -0.05) is 18.2 Å². The fourth-order valence-electron chi connectivity index (χ4n) is 3.88. The highest BCUT2D eigenvalue weighted by Crippen LogP contribution is 2.42. The smallest absolute Gasteiger partial charge is 0.281 e. The van der Waals surface area contributed by atoms with Gasteiger partial charge in [0.15, 0.2) is 9.84 Å². The van der Waals surface area contributed by atoms with Gasteiger partial charge in [-0.05, 0) is 18.6 Å². The van der Waals surface area contributed by atoms with Gasteiger partial charge < -0.3 is 4.90 Å². The van der Waals surface area contributed by atoms with E-state index in [2.05, 4.69) is 5.10 Å². The van der Waals surface area contributed by atoms with Crippen LogP contribution in [0, 0.1) is 12.3 Å². The summed E-state index contributed by atoms with van der Waals surface area (Å²) in [5.74, 6) is -0.405. The molecule has 1 aromatic carbocycles. The number of alkyl halides is 2. The van der Waals surface area contributed by atoms with E-state index in [1.807, 2.05) is 0 Å². The van der Waals surface area contributed by atoms with Crippen molar-refractivity contribution in [2.75, 3.05) is 24.6 Å². The van der Waals surface area contributed by atoms with Crippen LogP contribution in [-0.2, 0) is 9.84 Å². The van der Waals surface area contributed by atoms with Crippen LogP contribution in [0.1, 0.15) is 28.0 Å².